The molecule has 3 aromatic rings. The second kappa shape index (κ2) is 9.30. The third-order valence-electron chi connectivity index (χ3n) is 3.93. The van der Waals surface area contributed by atoms with E-state index in [4.69, 9.17) is 9.47 Å². The van der Waals surface area contributed by atoms with Crippen LogP contribution >= 0.6 is 27.3 Å². The van der Waals surface area contributed by atoms with Gasteiger partial charge in [0.25, 0.3) is 5.91 Å². The molecule has 0 aliphatic heterocycles. The zero-order valence-electron chi connectivity index (χ0n) is 15.3. The van der Waals surface area contributed by atoms with Gasteiger partial charge in [-0.25, -0.2) is 0 Å². The summed E-state index contributed by atoms with van der Waals surface area (Å²) in [4.78, 5) is 17.8. The number of ether oxygens (including phenoxy) is 2. The van der Waals surface area contributed by atoms with Gasteiger partial charge in [-0.1, -0.05) is 29.5 Å². The molecule has 142 valence electrons. The van der Waals surface area contributed by atoms with Crippen molar-refractivity contribution >= 4 is 43.4 Å². The molecule has 1 aromatic heterocycles. The van der Waals surface area contributed by atoms with E-state index in [0.29, 0.717) is 36.7 Å². The second-order valence-electron chi connectivity index (χ2n) is 5.67. The lowest BCUT2D eigenvalue weighted by atomic mass is 10.2. The normalized spacial score (nSPS) is 11.9. The van der Waals surface area contributed by atoms with Crippen LogP contribution in [0.1, 0.15) is 24.2 Å². The largest absolute Gasteiger partial charge is 0.492 e. The van der Waals surface area contributed by atoms with E-state index >= 15 is 0 Å². The molecule has 0 aliphatic carbocycles. The number of carbonyl (C=O) groups excluding carboxylic acids is 1. The van der Waals surface area contributed by atoms with Crippen LogP contribution in [0.4, 0.5) is 0 Å². The Morgan fingerprint density at radius 2 is 1.96 bits per heavy atom. The van der Waals surface area contributed by atoms with Gasteiger partial charge in [-0.05, 0) is 54.0 Å². The van der Waals surface area contributed by atoms with E-state index in [1.54, 1.807) is 6.07 Å². The maximum absolute atomic E-state index is 12.7. The monoisotopic (exact) mass is 448 g/mol. The molecule has 27 heavy (non-hydrogen) atoms. The average Bonchev–Trinajstić information content (AvgIpc) is 3.01. The molecule has 0 bridgehead atoms. The summed E-state index contributed by atoms with van der Waals surface area (Å²) < 4.78 is 15.1. The lowest BCUT2D eigenvalue weighted by Gasteiger charge is -2.10. The predicted molar refractivity (Wildman–Crippen MR) is 112 cm³/mol. The number of fused-ring (bicyclic) bond motifs is 1. The Hall–Kier alpha value is -1.96. The van der Waals surface area contributed by atoms with Gasteiger partial charge in [0.1, 0.15) is 11.3 Å². The third kappa shape index (κ3) is 4.48. The first kappa shape index (κ1) is 19.8. The average molecular weight is 449 g/mol. The topological polar surface area (TPSA) is 52.8 Å². The van der Waals surface area contributed by atoms with Crippen molar-refractivity contribution in [3.63, 3.8) is 0 Å². The first-order chi connectivity index (χ1) is 13.2. The zero-order valence-corrected chi connectivity index (χ0v) is 17.7. The minimum atomic E-state index is -0.280. The van der Waals surface area contributed by atoms with Crippen molar-refractivity contribution in [1.29, 1.82) is 0 Å². The van der Waals surface area contributed by atoms with Gasteiger partial charge in [0.2, 0.25) is 0 Å². The van der Waals surface area contributed by atoms with Gasteiger partial charge >= 0.3 is 0 Å². The van der Waals surface area contributed by atoms with Crippen LogP contribution in [0.15, 0.2) is 51.9 Å². The summed E-state index contributed by atoms with van der Waals surface area (Å²) >= 11 is 4.90. The summed E-state index contributed by atoms with van der Waals surface area (Å²) in [5.41, 5.74) is 1.49. The number of para-hydroxylation sites is 1. The van der Waals surface area contributed by atoms with Crippen molar-refractivity contribution in [3.05, 3.63) is 57.3 Å². The number of benzene rings is 2. The molecule has 5 nitrogen and oxygen atoms in total. The summed E-state index contributed by atoms with van der Waals surface area (Å²) in [7, 11) is 0. The van der Waals surface area contributed by atoms with E-state index in [9.17, 15) is 4.79 Å². The van der Waals surface area contributed by atoms with Gasteiger partial charge in [0.15, 0.2) is 4.80 Å². The summed E-state index contributed by atoms with van der Waals surface area (Å²) in [6.45, 7) is 6.27. The molecule has 1 heterocycles. The maximum Gasteiger partial charge on any atom is 0.280 e. The number of aromatic nitrogens is 1. The number of thiazole rings is 1. The first-order valence-corrected chi connectivity index (χ1v) is 10.4. The smallest absolute Gasteiger partial charge is 0.280 e. The lowest BCUT2D eigenvalue weighted by molar-refractivity contribution is 0.0996. The fourth-order valence-corrected chi connectivity index (χ4v) is 4.27. The Balaban J connectivity index is 2.13. The highest BCUT2D eigenvalue weighted by Gasteiger charge is 2.14. The van der Waals surface area contributed by atoms with Crippen molar-refractivity contribution in [1.82, 2.24) is 4.57 Å². The molecule has 1 amide bonds. The number of amides is 1. The van der Waals surface area contributed by atoms with Crippen LogP contribution in [0.5, 0.6) is 5.75 Å². The van der Waals surface area contributed by atoms with Crippen LogP contribution in [-0.4, -0.2) is 30.3 Å². The third-order valence-corrected chi connectivity index (χ3v) is 5.66. The number of nitrogens with zero attached hydrogens (tertiary/aromatic N) is 2. The Morgan fingerprint density at radius 1 is 1.15 bits per heavy atom. The molecule has 0 aliphatic rings. The number of rotatable bonds is 7. The van der Waals surface area contributed by atoms with E-state index in [1.165, 1.54) is 11.3 Å². The molecule has 0 unspecified atom stereocenters. The van der Waals surface area contributed by atoms with Gasteiger partial charge in [0, 0.05) is 17.6 Å². The summed E-state index contributed by atoms with van der Waals surface area (Å²) in [6, 6.07) is 13.2. The van der Waals surface area contributed by atoms with Gasteiger partial charge < -0.3 is 14.0 Å². The highest BCUT2D eigenvalue weighted by Crippen LogP contribution is 2.28. The van der Waals surface area contributed by atoms with E-state index in [1.807, 2.05) is 54.8 Å². The maximum atomic E-state index is 12.7. The molecule has 0 saturated heterocycles. The lowest BCUT2D eigenvalue weighted by Crippen LogP contribution is -2.20. The standard InChI is InChI=1S/C20H21BrN2O3S/c1-3-25-13-12-23-18-16(26-4-2)10-7-11-17(18)27-20(23)22-19(24)14-8-5-6-9-15(14)21/h5-11H,3-4,12-13H2,1-2H3. The number of halogens is 1. The predicted octanol–water partition coefficient (Wildman–Crippen LogP) is 4.64. The van der Waals surface area contributed by atoms with Crippen molar-refractivity contribution in [2.45, 2.75) is 20.4 Å². The highest BCUT2D eigenvalue weighted by molar-refractivity contribution is 9.10. The highest BCUT2D eigenvalue weighted by atomic mass is 79.9. The molecule has 0 N–H and O–H groups in total. The minimum Gasteiger partial charge on any atom is -0.492 e. The number of hydrogen-bond donors (Lipinski definition) is 0. The van der Waals surface area contributed by atoms with E-state index < -0.39 is 0 Å². The molecular weight excluding hydrogens is 428 g/mol. The molecule has 0 radical (unpaired) electrons. The van der Waals surface area contributed by atoms with Crippen molar-refractivity contribution < 1.29 is 14.3 Å². The van der Waals surface area contributed by atoms with Crippen LogP contribution in [0.3, 0.4) is 0 Å². The molecule has 0 spiro atoms. The van der Waals surface area contributed by atoms with E-state index in [2.05, 4.69) is 20.9 Å². The molecule has 3 rings (SSSR count). The SMILES string of the molecule is CCOCCn1c(=NC(=O)c2ccccc2Br)sc2cccc(OCC)c21. The second-order valence-corrected chi connectivity index (χ2v) is 7.53. The van der Waals surface area contributed by atoms with Crippen molar-refractivity contribution in [2.75, 3.05) is 19.8 Å². The summed E-state index contributed by atoms with van der Waals surface area (Å²) in [5.74, 6) is 0.509. The fourth-order valence-electron chi connectivity index (χ4n) is 2.74. The molecule has 0 atom stereocenters. The molecule has 0 saturated carbocycles. The number of carbonyl (C=O) groups is 1. The Kier molecular flexibility index (Phi) is 6.82. The summed E-state index contributed by atoms with van der Waals surface area (Å²) in [5, 5.41) is 0. The Morgan fingerprint density at radius 3 is 2.70 bits per heavy atom. The van der Waals surface area contributed by atoms with Gasteiger partial charge in [-0.2, -0.15) is 4.99 Å². The van der Waals surface area contributed by atoms with Gasteiger partial charge in [-0.3, -0.25) is 4.79 Å². The van der Waals surface area contributed by atoms with E-state index in [0.717, 1.165) is 20.4 Å². The number of hydrogen-bond acceptors (Lipinski definition) is 4. The Bertz CT molecular complexity index is 1010. The van der Waals surface area contributed by atoms with Gasteiger partial charge in [0.05, 0.1) is 23.5 Å². The molecule has 0 fully saturated rings. The van der Waals surface area contributed by atoms with E-state index in [-0.39, 0.29) is 5.91 Å². The molecule has 2 aromatic carbocycles. The van der Waals surface area contributed by atoms with Crippen LogP contribution in [-0.2, 0) is 11.3 Å². The quantitative estimate of drug-likeness (QED) is 0.494. The van der Waals surface area contributed by atoms with Crippen molar-refractivity contribution in [2.24, 2.45) is 4.99 Å². The van der Waals surface area contributed by atoms with Crippen LogP contribution < -0.4 is 9.54 Å². The van der Waals surface area contributed by atoms with Crippen LogP contribution in [0, 0.1) is 0 Å². The Labute approximate surface area is 170 Å². The van der Waals surface area contributed by atoms with Crippen LogP contribution in [0.25, 0.3) is 10.2 Å². The van der Waals surface area contributed by atoms with Crippen molar-refractivity contribution in [3.8, 4) is 5.75 Å². The van der Waals surface area contributed by atoms with Gasteiger partial charge in [-0.15, -0.1) is 0 Å². The molecule has 7 heteroatoms. The minimum absolute atomic E-state index is 0.280. The summed E-state index contributed by atoms with van der Waals surface area (Å²) in [6.07, 6.45) is 0. The first-order valence-electron chi connectivity index (χ1n) is 8.82. The zero-order chi connectivity index (χ0) is 19.2. The fraction of sp³-hybridized carbons (Fsp3) is 0.300. The molecular formula is C20H21BrN2O3S. The van der Waals surface area contributed by atoms with Crippen LogP contribution in [0.2, 0.25) is 0 Å².